The van der Waals surface area contributed by atoms with Crippen LogP contribution in [-0.4, -0.2) is 5.78 Å². The van der Waals surface area contributed by atoms with Crippen LogP contribution in [0.1, 0.15) is 23.7 Å². The summed E-state index contributed by atoms with van der Waals surface area (Å²) in [7, 11) is 0. The van der Waals surface area contributed by atoms with Gasteiger partial charge in [-0.1, -0.05) is 30.7 Å². The van der Waals surface area contributed by atoms with Gasteiger partial charge in [-0.3, -0.25) is 4.79 Å². The van der Waals surface area contributed by atoms with Crippen LogP contribution in [0.15, 0.2) is 46.9 Å². The zero-order valence-electron chi connectivity index (χ0n) is 10.3. The summed E-state index contributed by atoms with van der Waals surface area (Å²) in [5, 5.41) is 0.633. The van der Waals surface area contributed by atoms with E-state index in [1.165, 1.54) is 0 Å². The van der Waals surface area contributed by atoms with E-state index in [1.54, 1.807) is 30.3 Å². The average Bonchev–Trinajstić information content (AvgIpc) is 2.41. The van der Waals surface area contributed by atoms with Crippen LogP contribution in [-0.2, 0) is 0 Å². The maximum atomic E-state index is 11.6. The Labute approximate surface area is 125 Å². The summed E-state index contributed by atoms with van der Waals surface area (Å²) < 4.78 is 6.51. The second-order valence-corrected chi connectivity index (χ2v) is 5.27. The van der Waals surface area contributed by atoms with Gasteiger partial charge in [0.2, 0.25) is 0 Å². The van der Waals surface area contributed by atoms with Gasteiger partial charge in [0.1, 0.15) is 11.5 Å². The summed E-state index contributed by atoms with van der Waals surface area (Å²) >= 11 is 9.26. The third kappa shape index (κ3) is 3.58. The predicted octanol–water partition coefficient (Wildman–Crippen LogP) is 5.49. The molecule has 0 radical (unpaired) electrons. The lowest BCUT2D eigenvalue weighted by Crippen LogP contribution is -1.96. The normalized spacial score (nSPS) is 10.3. The van der Waals surface area contributed by atoms with Crippen LogP contribution in [0.2, 0.25) is 5.02 Å². The molecular formula is C15H12BrClO2. The summed E-state index contributed by atoms with van der Waals surface area (Å²) in [5.74, 6) is 1.38. The van der Waals surface area contributed by atoms with E-state index in [2.05, 4.69) is 15.9 Å². The third-order valence-corrected chi connectivity index (χ3v) is 3.45. The summed E-state index contributed by atoms with van der Waals surface area (Å²) in [6.07, 6.45) is 0.480. The van der Waals surface area contributed by atoms with Gasteiger partial charge < -0.3 is 4.74 Å². The van der Waals surface area contributed by atoms with Crippen LogP contribution in [0.4, 0.5) is 0 Å². The quantitative estimate of drug-likeness (QED) is 0.689. The Morgan fingerprint density at radius 2 is 2.05 bits per heavy atom. The number of carbonyl (C=O) groups excluding carboxylic acids is 1. The molecular weight excluding hydrogens is 328 g/mol. The first-order valence-electron chi connectivity index (χ1n) is 5.86. The molecule has 98 valence electrons. The van der Waals surface area contributed by atoms with Gasteiger partial charge in [0.15, 0.2) is 5.78 Å². The fourth-order valence-corrected chi connectivity index (χ4v) is 2.39. The zero-order valence-corrected chi connectivity index (χ0v) is 12.7. The van der Waals surface area contributed by atoms with Crippen molar-refractivity contribution in [1.82, 2.24) is 0 Å². The van der Waals surface area contributed by atoms with Crippen molar-refractivity contribution in [3.8, 4) is 11.5 Å². The second kappa shape index (κ2) is 6.22. The highest BCUT2D eigenvalue weighted by molar-refractivity contribution is 9.10. The summed E-state index contributed by atoms with van der Waals surface area (Å²) in [4.78, 5) is 11.6. The van der Waals surface area contributed by atoms with E-state index < -0.39 is 0 Å². The van der Waals surface area contributed by atoms with Crippen LogP contribution in [0.5, 0.6) is 11.5 Å². The van der Waals surface area contributed by atoms with Gasteiger partial charge in [-0.2, -0.15) is 0 Å². The molecule has 0 N–H and O–H groups in total. The molecule has 0 spiro atoms. The van der Waals surface area contributed by atoms with Crippen molar-refractivity contribution in [1.29, 1.82) is 0 Å². The Hall–Kier alpha value is -1.32. The van der Waals surface area contributed by atoms with E-state index in [-0.39, 0.29) is 5.78 Å². The fourth-order valence-electron chi connectivity index (χ4n) is 1.62. The van der Waals surface area contributed by atoms with Crippen LogP contribution in [0, 0.1) is 0 Å². The average molecular weight is 340 g/mol. The largest absolute Gasteiger partial charge is 0.456 e. The van der Waals surface area contributed by atoms with Gasteiger partial charge >= 0.3 is 0 Å². The van der Waals surface area contributed by atoms with E-state index in [1.807, 2.05) is 19.1 Å². The predicted molar refractivity (Wildman–Crippen MR) is 80.3 cm³/mol. The highest BCUT2D eigenvalue weighted by Gasteiger charge is 2.07. The first-order valence-corrected chi connectivity index (χ1v) is 7.03. The smallest absolute Gasteiger partial charge is 0.162 e. The number of benzene rings is 2. The van der Waals surface area contributed by atoms with Crippen molar-refractivity contribution < 1.29 is 9.53 Å². The molecule has 0 aliphatic heterocycles. The molecule has 0 atom stereocenters. The Bertz CT molecular complexity index is 611. The van der Waals surface area contributed by atoms with Crippen molar-refractivity contribution in [2.24, 2.45) is 0 Å². The molecule has 2 aromatic rings. The molecule has 2 nitrogen and oxygen atoms in total. The lowest BCUT2D eigenvalue weighted by Gasteiger charge is -2.09. The van der Waals surface area contributed by atoms with E-state index in [0.29, 0.717) is 28.5 Å². The highest BCUT2D eigenvalue weighted by Crippen LogP contribution is 2.32. The maximum absolute atomic E-state index is 11.6. The van der Waals surface area contributed by atoms with Gasteiger partial charge in [-0.25, -0.2) is 0 Å². The van der Waals surface area contributed by atoms with Gasteiger partial charge in [-0.05, 0) is 46.3 Å². The SMILES string of the molecule is CCC(=O)c1cccc(Oc2ccc(Cl)cc2Br)c1. The standard InChI is InChI=1S/C15H12BrClO2/c1-2-14(18)10-4-3-5-12(8-10)19-15-7-6-11(17)9-13(15)16/h3-9H,2H2,1H3. The molecule has 0 bridgehead atoms. The zero-order chi connectivity index (χ0) is 13.8. The molecule has 0 fully saturated rings. The first kappa shape index (κ1) is 14.1. The maximum Gasteiger partial charge on any atom is 0.162 e. The van der Waals surface area contributed by atoms with Gasteiger partial charge in [0, 0.05) is 17.0 Å². The number of Topliss-reactive ketones (excluding diaryl/α,β-unsaturated/α-hetero) is 1. The summed E-state index contributed by atoms with van der Waals surface area (Å²) in [5.41, 5.74) is 0.657. The minimum absolute atomic E-state index is 0.0978. The van der Waals surface area contributed by atoms with E-state index in [4.69, 9.17) is 16.3 Å². The summed E-state index contributed by atoms with van der Waals surface area (Å²) in [6.45, 7) is 1.84. The van der Waals surface area contributed by atoms with Gasteiger partial charge in [0.05, 0.1) is 4.47 Å². The first-order chi connectivity index (χ1) is 9.10. The summed E-state index contributed by atoms with van der Waals surface area (Å²) in [6, 6.07) is 12.4. The fraction of sp³-hybridized carbons (Fsp3) is 0.133. The molecule has 0 heterocycles. The minimum atomic E-state index is 0.0978. The Kier molecular flexibility index (Phi) is 4.61. The van der Waals surface area contributed by atoms with Crippen LogP contribution >= 0.6 is 27.5 Å². The lowest BCUT2D eigenvalue weighted by molar-refractivity contribution is 0.0988. The van der Waals surface area contributed by atoms with Crippen molar-refractivity contribution in [3.63, 3.8) is 0 Å². The van der Waals surface area contributed by atoms with E-state index >= 15 is 0 Å². The molecule has 0 saturated heterocycles. The molecule has 0 unspecified atom stereocenters. The van der Waals surface area contributed by atoms with Gasteiger partial charge in [-0.15, -0.1) is 0 Å². The van der Waals surface area contributed by atoms with Crippen LogP contribution in [0.3, 0.4) is 0 Å². The number of carbonyl (C=O) groups is 1. The molecule has 0 amide bonds. The Balaban J connectivity index is 2.26. The Morgan fingerprint density at radius 3 is 2.74 bits per heavy atom. The van der Waals surface area contributed by atoms with Crippen LogP contribution in [0.25, 0.3) is 0 Å². The van der Waals surface area contributed by atoms with Gasteiger partial charge in [0.25, 0.3) is 0 Å². The highest BCUT2D eigenvalue weighted by atomic mass is 79.9. The lowest BCUT2D eigenvalue weighted by atomic mass is 10.1. The monoisotopic (exact) mass is 338 g/mol. The van der Waals surface area contributed by atoms with Crippen molar-refractivity contribution >= 4 is 33.3 Å². The number of ketones is 1. The van der Waals surface area contributed by atoms with Crippen molar-refractivity contribution in [2.75, 3.05) is 0 Å². The molecule has 4 heteroatoms. The molecule has 2 rings (SSSR count). The molecule has 0 aromatic heterocycles. The van der Waals surface area contributed by atoms with Crippen molar-refractivity contribution in [3.05, 3.63) is 57.5 Å². The third-order valence-electron chi connectivity index (χ3n) is 2.60. The van der Waals surface area contributed by atoms with E-state index in [0.717, 1.165) is 4.47 Å². The number of ether oxygens (including phenoxy) is 1. The second-order valence-electron chi connectivity index (χ2n) is 3.98. The number of rotatable bonds is 4. The number of halogens is 2. The molecule has 0 saturated carbocycles. The number of hydrogen-bond donors (Lipinski definition) is 0. The molecule has 0 aliphatic carbocycles. The Morgan fingerprint density at radius 1 is 1.26 bits per heavy atom. The van der Waals surface area contributed by atoms with Crippen molar-refractivity contribution in [2.45, 2.75) is 13.3 Å². The minimum Gasteiger partial charge on any atom is -0.456 e. The van der Waals surface area contributed by atoms with E-state index in [9.17, 15) is 4.79 Å². The molecule has 19 heavy (non-hydrogen) atoms. The molecule has 0 aliphatic rings. The van der Waals surface area contributed by atoms with Crippen LogP contribution < -0.4 is 4.74 Å². The topological polar surface area (TPSA) is 26.3 Å². The molecule has 2 aromatic carbocycles. The number of hydrogen-bond acceptors (Lipinski definition) is 2.